The van der Waals surface area contributed by atoms with Gasteiger partial charge in [-0.25, -0.2) is 9.97 Å². The van der Waals surface area contributed by atoms with E-state index in [0.29, 0.717) is 28.8 Å². The van der Waals surface area contributed by atoms with Crippen molar-refractivity contribution in [2.24, 2.45) is 7.05 Å². The molecular formula is C22H23N9O. The average molecular weight is 429 g/mol. The molecule has 1 saturated heterocycles. The summed E-state index contributed by atoms with van der Waals surface area (Å²) in [5.74, 6) is 1.05. The van der Waals surface area contributed by atoms with Crippen LogP contribution in [0.2, 0.25) is 0 Å². The predicted molar refractivity (Wildman–Crippen MR) is 121 cm³/mol. The number of carbonyl (C=O) groups excluding carboxylic acids is 1. The van der Waals surface area contributed by atoms with Gasteiger partial charge in [-0.2, -0.15) is 0 Å². The molecule has 0 bridgehead atoms. The minimum absolute atomic E-state index is 0.228. The number of nitrogens with zero attached hydrogens (tertiary/aromatic N) is 8. The molecule has 162 valence electrons. The van der Waals surface area contributed by atoms with Gasteiger partial charge in [0.1, 0.15) is 17.3 Å². The third kappa shape index (κ3) is 3.87. The van der Waals surface area contributed by atoms with Gasteiger partial charge in [0.25, 0.3) is 5.91 Å². The van der Waals surface area contributed by atoms with Crippen LogP contribution in [0.25, 0.3) is 22.2 Å². The number of pyridine rings is 3. The molecule has 0 spiro atoms. The lowest BCUT2D eigenvalue weighted by Crippen LogP contribution is -2.57. The number of carbonyl (C=O) groups is 1. The van der Waals surface area contributed by atoms with Crippen LogP contribution >= 0.6 is 0 Å². The van der Waals surface area contributed by atoms with Gasteiger partial charge in [-0.15, -0.1) is 5.10 Å². The second-order valence-corrected chi connectivity index (χ2v) is 8.14. The summed E-state index contributed by atoms with van der Waals surface area (Å²) in [5, 5.41) is 12.7. The Morgan fingerprint density at radius 1 is 1.06 bits per heavy atom. The maximum absolute atomic E-state index is 12.9. The summed E-state index contributed by atoms with van der Waals surface area (Å²) in [4.78, 5) is 30.4. The van der Waals surface area contributed by atoms with Gasteiger partial charge in [0, 0.05) is 55.7 Å². The van der Waals surface area contributed by atoms with E-state index in [2.05, 4.69) is 54.5 Å². The van der Waals surface area contributed by atoms with Crippen molar-refractivity contribution in [1.29, 1.82) is 0 Å². The molecule has 0 aromatic carbocycles. The number of hydrogen-bond acceptors (Lipinski definition) is 8. The molecule has 0 atom stereocenters. The van der Waals surface area contributed by atoms with E-state index in [-0.39, 0.29) is 5.91 Å². The fourth-order valence-electron chi connectivity index (χ4n) is 3.60. The van der Waals surface area contributed by atoms with Gasteiger partial charge < -0.3 is 15.1 Å². The summed E-state index contributed by atoms with van der Waals surface area (Å²) in [6.07, 6.45) is 6.90. The van der Waals surface area contributed by atoms with Crippen molar-refractivity contribution in [2.75, 3.05) is 37.4 Å². The monoisotopic (exact) mass is 429 g/mol. The Morgan fingerprint density at radius 3 is 2.62 bits per heavy atom. The zero-order chi connectivity index (χ0) is 22.2. The van der Waals surface area contributed by atoms with Gasteiger partial charge in [-0.05, 0) is 43.7 Å². The van der Waals surface area contributed by atoms with Crippen LogP contribution in [0, 0.1) is 0 Å². The highest BCUT2D eigenvalue weighted by Crippen LogP contribution is 2.23. The number of aromatic nitrogens is 6. The van der Waals surface area contributed by atoms with Crippen molar-refractivity contribution in [2.45, 2.75) is 6.04 Å². The van der Waals surface area contributed by atoms with Crippen LogP contribution in [0.5, 0.6) is 0 Å². The molecule has 0 aliphatic carbocycles. The topological polar surface area (TPSA) is 105 Å². The smallest absolute Gasteiger partial charge is 0.257 e. The lowest BCUT2D eigenvalue weighted by atomic mass is 10.1. The zero-order valence-corrected chi connectivity index (χ0v) is 18.1. The van der Waals surface area contributed by atoms with Gasteiger partial charge in [0.2, 0.25) is 0 Å². The molecule has 1 aliphatic heterocycles. The summed E-state index contributed by atoms with van der Waals surface area (Å²) < 4.78 is 1.63. The number of hydrogen-bond donors (Lipinski definition) is 1. The first-order valence-electron chi connectivity index (χ1n) is 10.3. The summed E-state index contributed by atoms with van der Waals surface area (Å²) in [6.45, 7) is 1.80. The Bertz CT molecular complexity index is 1290. The van der Waals surface area contributed by atoms with E-state index in [1.54, 1.807) is 35.5 Å². The van der Waals surface area contributed by atoms with Crippen molar-refractivity contribution < 1.29 is 4.79 Å². The minimum atomic E-state index is -0.228. The van der Waals surface area contributed by atoms with E-state index in [4.69, 9.17) is 0 Å². The quantitative estimate of drug-likeness (QED) is 0.512. The van der Waals surface area contributed by atoms with Gasteiger partial charge in [-0.3, -0.25) is 14.5 Å². The maximum atomic E-state index is 12.9. The molecule has 10 heteroatoms. The van der Waals surface area contributed by atoms with E-state index in [9.17, 15) is 4.79 Å². The molecule has 1 N–H and O–H groups in total. The number of likely N-dealkylation sites (N-methyl/N-ethyl adjacent to an activating group) is 1. The summed E-state index contributed by atoms with van der Waals surface area (Å²) in [7, 11) is 5.95. The van der Waals surface area contributed by atoms with Gasteiger partial charge in [0.05, 0.1) is 11.9 Å². The third-order valence-electron chi connectivity index (χ3n) is 5.63. The molecule has 0 saturated carbocycles. The van der Waals surface area contributed by atoms with Gasteiger partial charge >= 0.3 is 0 Å². The molecule has 32 heavy (non-hydrogen) atoms. The van der Waals surface area contributed by atoms with Crippen LogP contribution in [-0.4, -0.2) is 74.0 Å². The number of rotatable bonds is 5. The summed E-state index contributed by atoms with van der Waals surface area (Å²) >= 11 is 0. The molecule has 10 nitrogen and oxygen atoms in total. The van der Waals surface area contributed by atoms with Gasteiger partial charge in [0.15, 0.2) is 0 Å². The van der Waals surface area contributed by atoms with E-state index in [1.807, 2.05) is 25.2 Å². The molecule has 0 unspecified atom stereocenters. The number of aryl methyl sites for hydroxylation is 1. The van der Waals surface area contributed by atoms with Crippen molar-refractivity contribution in [3.8, 4) is 11.4 Å². The Balaban J connectivity index is 1.34. The molecule has 5 rings (SSSR count). The first-order chi connectivity index (χ1) is 15.5. The first kappa shape index (κ1) is 20.0. The Morgan fingerprint density at radius 2 is 1.88 bits per heavy atom. The molecule has 1 aliphatic rings. The van der Waals surface area contributed by atoms with Crippen LogP contribution in [0.4, 0.5) is 11.6 Å². The fraction of sp³-hybridized carbons (Fsp3) is 0.273. The highest BCUT2D eigenvalue weighted by Gasteiger charge is 2.29. The van der Waals surface area contributed by atoms with Crippen molar-refractivity contribution >= 4 is 28.3 Å². The summed E-state index contributed by atoms with van der Waals surface area (Å²) in [5.41, 5.74) is 1.93. The van der Waals surface area contributed by atoms with Crippen LogP contribution in [0.1, 0.15) is 10.4 Å². The molecule has 1 amide bonds. The predicted octanol–water partition coefficient (Wildman–Crippen LogP) is 1.82. The second kappa shape index (κ2) is 7.97. The average Bonchev–Trinajstić information content (AvgIpc) is 3.18. The number of fused-ring (bicyclic) bond motifs is 1. The van der Waals surface area contributed by atoms with Crippen molar-refractivity contribution in [3.05, 3.63) is 54.6 Å². The lowest BCUT2D eigenvalue weighted by molar-refractivity contribution is 0.102. The molecule has 1 fully saturated rings. The molecule has 5 heterocycles. The van der Waals surface area contributed by atoms with Crippen LogP contribution in [0.15, 0.2) is 49.1 Å². The third-order valence-corrected chi connectivity index (χ3v) is 5.63. The van der Waals surface area contributed by atoms with E-state index >= 15 is 0 Å². The van der Waals surface area contributed by atoms with Crippen LogP contribution < -0.4 is 10.2 Å². The molecule has 4 aromatic heterocycles. The molecular weight excluding hydrogens is 406 g/mol. The number of nitrogens with one attached hydrogen (secondary N) is 1. The Labute approximate surface area is 184 Å². The van der Waals surface area contributed by atoms with Crippen LogP contribution in [0.3, 0.4) is 0 Å². The molecule has 0 radical (unpaired) electrons. The lowest BCUT2D eigenvalue weighted by Gasteiger charge is -2.43. The number of anilines is 2. The highest BCUT2D eigenvalue weighted by molar-refractivity contribution is 6.05. The van der Waals surface area contributed by atoms with Gasteiger partial charge in [-0.1, -0.05) is 5.21 Å². The van der Waals surface area contributed by atoms with Crippen molar-refractivity contribution in [3.63, 3.8) is 0 Å². The highest BCUT2D eigenvalue weighted by atomic mass is 16.1. The minimum Gasteiger partial charge on any atom is -0.353 e. The van der Waals surface area contributed by atoms with Crippen molar-refractivity contribution in [1.82, 2.24) is 34.8 Å². The largest absolute Gasteiger partial charge is 0.353 e. The van der Waals surface area contributed by atoms with E-state index in [0.717, 1.165) is 29.7 Å². The standard InChI is InChI=1S/C22H23N9O/c1-29(2)17-11-31(12-17)21-8-14(4-5-23-21)22(32)26-20-7-15-6-18(19-13-30(3)28-27-19)24-9-16(15)10-25-20/h4-10,13,17H,11-12H2,1-3H3,(H,25,26,32). The van der Waals surface area contributed by atoms with E-state index < -0.39 is 0 Å². The molecule has 4 aromatic rings. The first-order valence-corrected chi connectivity index (χ1v) is 10.3. The SMILES string of the molecule is CN(C)C1CN(c2cc(C(=O)Nc3cc4cc(-c5cn(C)nn5)ncc4cn3)ccn2)C1. The normalized spacial score (nSPS) is 14.1. The van der Waals surface area contributed by atoms with Crippen LogP contribution in [-0.2, 0) is 7.05 Å². The zero-order valence-electron chi connectivity index (χ0n) is 18.1. The Hall–Kier alpha value is -3.92. The Kier molecular flexibility index (Phi) is 4.98. The van der Waals surface area contributed by atoms with E-state index in [1.165, 1.54) is 0 Å². The number of amides is 1. The summed E-state index contributed by atoms with van der Waals surface area (Å²) in [6, 6.07) is 7.77. The maximum Gasteiger partial charge on any atom is 0.257 e. The fourth-order valence-corrected chi connectivity index (χ4v) is 3.60. The second-order valence-electron chi connectivity index (χ2n) is 8.14.